The van der Waals surface area contributed by atoms with Gasteiger partial charge in [-0.15, -0.1) is 0 Å². The van der Waals surface area contributed by atoms with E-state index in [1.54, 1.807) is 6.07 Å². The van der Waals surface area contributed by atoms with Gasteiger partial charge in [-0.1, -0.05) is 64.0 Å². The van der Waals surface area contributed by atoms with Crippen molar-refractivity contribution in [3.05, 3.63) is 29.8 Å². The molecule has 0 aromatic heterocycles. The molecule has 2 heteroatoms. The number of hydrogen-bond donors (Lipinski definition) is 0. The molecule has 0 aliphatic carbocycles. The van der Waals surface area contributed by atoms with Crippen LogP contribution in [-0.2, 0) is 0 Å². The van der Waals surface area contributed by atoms with Crippen LogP contribution < -0.4 is 4.74 Å². The molecule has 0 bridgehead atoms. The summed E-state index contributed by atoms with van der Waals surface area (Å²) in [6.45, 7) is 2.96. The zero-order valence-electron chi connectivity index (χ0n) is 12.0. The van der Waals surface area contributed by atoms with Crippen molar-refractivity contribution in [2.75, 3.05) is 6.61 Å². The predicted octanol–water partition coefficient (Wildman–Crippen LogP) is 5.08. The first-order valence-corrected chi connectivity index (χ1v) is 7.50. The predicted molar refractivity (Wildman–Crippen MR) is 79.3 cm³/mol. The lowest BCUT2D eigenvalue weighted by Gasteiger charge is -2.07. The van der Waals surface area contributed by atoms with Gasteiger partial charge < -0.3 is 4.74 Å². The van der Waals surface area contributed by atoms with E-state index in [1.165, 1.54) is 44.9 Å². The molecule has 1 aromatic carbocycles. The second kappa shape index (κ2) is 10.4. The maximum absolute atomic E-state index is 8.93. The fourth-order valence-corrected chi connectivity index (χ4v) is 2.10. The Balaban J connectivity index is 2.03. The molecule has 0 unspecified atom stereocenters. The van der Waals surface area contributed by atoms with Crippen molar-refractivity contribution in [1.82, 2.24) is 0 Å². The van der Waals surface area contributed by atoms with E-state index >= 15 is 0 Å². The van der Waals surface area contributed by atoms with Crippen LogP contribution in [0, 0.1) is 11.3 Å². The Morgan fingerprint density at radius 2 is 1.58 bits per heavy atom. The van der Waals surface area contributed by atoms with Gasteiger partial charge in [0, 0.05) is 0 Å². The van der Waals surface area contributed by atoms with E-state index in [-0.39, 0.29) is 0 Å². The van der Waals surface area contributed by atoms with Crippen molar-refractivity contribution in [2.24, 2.45) is 0 Å². The maximum atomic E-state index is 8.93. The zero-order valence-corrected chi connectivity index (χ0v) is 12.0. The van der Waals surface area contributed by atoms with Crippen LogP contribution in [0.1, 0.15) is 63.9 Å². The number of nitrogens with zero attached hydrogens (tertiary/aromatic N) is 1. The average molecular weight is 259 g/mol. The summed E-state index contributed by atoms with van der Waals surface area (Å²) in [5.74, 6) is 0.716. The number of nitriles is 1. The number of ether oxygens (including phenoxy) is 1. The molecular formula is C17H25NO. The Labute approximate surface area is 117 Å². The summed E-state index contributed by atoms with van der Waals surface area (Å²) < 4.78 is 5.65. The average Bonchev–Trinajstić information content (AvgIpc) is 2.46. The van der Waals surface area contributed by atoms with Gasteiger partial charge in [-0.2, -0.15) is 5.26 Å². The lowest BCUT2D eigenvalue weighted by Crippen LogP contribution is -1.98. The van der Waals surface area contributed by atoms with Gasteiger partial charge in [0.2, 0.25) is 0 Å². The molecule has 0 saturated heterocycles. The molecule has 0 saturated carbocycles. The fourth-order valence-electron chi connectivity index (χ4n) is 2.10. The highest BCUT2D eigenvalue weighted by molar-refractivity contribution is 5.42. The van der Waals surface area contributed by atoms with E-state index in [0.717, 1.165) is 6.42 Å². The second-order valence-corrected chi connectivity index (χ2v) is 4.93. The summed E-state index contributed by atoms with van der Waals surface area (Å²) in [6, 6.07) is 9.58. The zero-order chi connectivity index (χ0) is 13.8. The minimum Gasteiger partial charge on any atom is -0.492 e. The van der Waals surface area contributed by atoms with E-state index < -0.39 is 0 Å². The Hall–Kier alpha value is -1.49. The SMILES string of the molecule is CCCCCCCCCCOc1ccccc1C#N. The first-order chi connectivity index (χ1) is 9.38. The summed E-state index contributed by atoms with van der Waals surface area (Å²) in [5, 5.41) is 8.93. The van der Waals surface area contributed by atoms with E-state index in [1.807, 2.05) is 18.2 Å². The van der Waals surface area contributed by atoms with Crippen molar-refractivity contribution in [1.29, 1.82) is 5.26 Å². The maximum Gasteiger partial charge on any atom is 0.137 e. The minimum absolute atomic E-state index is 0.627. The van der Waals surface area contributed by atoms with Crippen LogP contribution >= 0.6 is 0 Å². The van der Waals surface area contributed by atoms with Crippen LogP contribution in [0.2, 0.25) is 0 Å². The third-order valence-corrected chi connectivity index (χ3v) is 3.26. The van der Waals surface area contributed by atoms with Crippen molar-refractivity contribution >= 4 is 0 Å². The molecule has 0 heterocycles. The van der Waals surface area contributed by atoms with Crippen molar-refractivity contribution in [3.8, 4) is 11.8 Å². The highest BCUT2D eigenvalue weighted by Gasteiger charge is 2.00. The Morgan fingerprint density at radius 3 is 2.26 bits per heavy atom. The number of rotatable bonds is 10. The molecular weight excluding hydrogens is 234 g/mol. The molecule has 0 atom stereocenters. The van der Waals surface area contributed by atoms with Crippen LogP contribution in [0.3, 0.4) is 0 Å². The Kier molecular flexibility index (Phi) is 8.55. The Bertz CT molecular complexity index is 381. The molecule has 0 aliphatic rings. The van der Waals surface area contributed by atoms with Gasteiger partial charge in [-0.25, -0.2) is 0 Å². The molecule has 1 rings (SSSR count). The van der Waals surface area contributed by atoms with Crippen LogP contribution in [0.25, 0.3) is 0 Å². The van der Waals surface area contributed by atoms with Gasteiger partial charge in [-0.05, 0) is 18.6 Å². The lowest BCUT2D eigenvalue weighted by molar-refractivity contribution is 0.303. The minimum atomic E-state index is 0.627. The summed E-state index contributed by atoms with van der Waals surface area (Å²) in [7, 11) is 0. The van der Waals surface area contributed by atoms with Gasteiger partial charge in [-0.3, -0.25) is 0 Å². The van der Waals surface area contributed by atoms with Crippen LogP contribution in [0.15, 0.2) is 24.3 Å². The number of benzene rings is 1. The van der Waals surface area contributed by atoms with Gasteiger partial charge in [0.05, 0.1) is 12.2 Å². The summed E-state index contributed by atoms with van der Waals surface area (Å²) in [5.41, 5.74) is 0.627. The topological polar surface area (TPSA) is 33.0 Å². The molecule has 19 heavy (non-hydrogen) atoms. The van der Waals surface area contributed by atoms with Crippen LogP contribution in [-0.4, -0.2) is 6.61 Å². The molecule has 0 amide bonds. The normalized spacial score (nSPS) is 10.1. The van der Waals surface area contributed by atoms with Crippen molar-refractivity contribution < 1.29 is 4.74 Å². The lowest BCUT2D eigenvalue weighted by atomic mass is 10.1. The summed E-state index contributed by atoms with van der Waals surface area (Å²) in [6.07, 6.45) is 10.4. The molecule has 0 fully saturated rings. The van der Waals surface area contributed by atoms with E-state index in [4.69, 9.17) is 10.00 Å². The van der Waals surface area contributed by atoms with Gasteiger partial charge in [0.25, 0.3) is 0 Å². The monoisotopic (exact) mass is 259 g/mol. The molecule has 0 spiro atoms. The smallest absolute Gasteiger partial charge is 0.137 e. The number of unbranched alkanes of at least 4 members (excludes halogenated alkanes) is 7. The summed E-state index contributed by atoms with van der Waals surface area (Å²) >= 11 is 0. The largest absolute Gasteiger partial charge is 0.492 e. The quantitative estimate of drug-likeness (QED) is 0.549. The third kappa shape index (κ3) is 6.86. The Morgan fingerprint density at radius 1 is 0.947 bits per heavy atom. The molecule has 104 valence electrons. The number of para-hydroxylation sites is 1. The molecule has 0 aliphatic heterocycles. The molecule has 1 aromatic rings. The first-order valence-electron chi connectivity index (χ1n) is 7.50. The van der Waals surface area contributed by atoms with E-state index in [0.29, 0.717) is 17.9 Å². The van der Waals surface area contributed by atoms with E-state index in [9.17, 15) is 0 Å². The molecule has 0 radical (unpaired) electrons. The summed E-state index contributed by atoms with van der Waals surface area (Å²) in [4.78, 5) is 0. The highest BCUT2D eigenvalue weighted by Crippen LogP contribution is 2.17. The highest BCUT2D eigenvalue weighted by atomic mass is 16.5. The standard InChI is InChI=1S/C17H25NO/c1-2-3-4-5-6-7-8-11-14-19-17-13-10-9-12-16(17)15-18/h9-10,12-13H,2-8,11,14H2,1H3. The first kappa shape index (κ1) is 15.6. The second-order valence-electron chi connectivity index (χ2n) is 4.93. The third-order valence-electron chi connectivity index (χ3n) is 3.26. The number of hydrogen-bond acceptors (Lipinski definition) is 2. The van der Waals surface area contributed by atoms with Crippen LogP contribution in [0.4, 0.5) is 0 Å². The van der Waals surface area contributed by atoms with Crippen molar-refractivity contribution in [2.45, 2.75) is 58.3 Å². The van der Waals surface area contributed by atoms with E-state index in [2.05, 4.69) is 13.0 Å². The fraction of sp³-hybridized carbons (Fsp3) is 0.588. The van der Waals surface area contributed by atoms with Gasteiger partial charge in [0.1, 0.15) is 11.8 Å². The molecule has 2 nitrogen and oxygen atoms in total. The van der Waals surface area contributed by atoms with Gasteiger partial charge in [0.15, 0.2) is 0 Å². The van der Waals surface area contributed by atoms with Crippen molar-refractivity contribution in [3.63, 3.8) is 0 Å². The molecule has 0 N–H and O–H groups in total. The van der Waals surface area contributed by atoms with Gasteiger partial charge >= 0.3 is 0 Å². The van der Waals surface area contributed by atoms with Crippen LogP contribution in [0.5, 0.6) is 5.75 Å².